The third-order valence-electron chi connectivity index (χ3n) is 4.92. The molecule has 1 fully saturated rings. The molecule has 1 aromatic carbocycles. The molecule has 1 N–H and O–H groups in total. The maximum Gasteiger partial charge on any atom is 0.182 e. The van der Waals surface area contributed by atoms with Crippen LogP contribution in [0.4, 0.5) is 14.5 Å². The first-order valence-corrected chi connectivity index (χ1v) is 7.89. The minimum atomic E-state index is -0.771. The molecule has 0 radical (unpaired) electrons. The Hall–Kier alpha value is -1.16. The average Bonchev–Trinajstić information content (AvgIpc) is 2.49. The first-order chi connectivity index (χ1) is 9.94. The second-order valence-electron chi connectivity index (χ2n) is 6.38. The van der Waals surface area contributed by atoms with E-state index in [1.807, 2.05) is 0 Å². The summed E-state index contributed by atoms with van der Waals surface area (Å²) < 4.78 is 27.8. The molecule has 1 aliphatic heterocycles. The standard InChI is InChI=1S/C17H26F2N2/c1-5-17(6-2)11-21(15(10-20-17)12(3)4)14-9-7-8-13(18)16(14)19/h7-9,12,15,20H,5-6,10-11H2,1-4H3. The van der Waals surface area contributed by atoms with Crippen LogP contribution in [0.15, 0.2) is 18.2 Å². The Balaban J connectivity index is 2.41. The summed E-state index contributed by atoms with van der Waals surface area (Å²) in [5, 5.41) is 3.64. The van der Waals surface area contributed by atoms with Crippen molar-refractivity contribution < 1.29 is 8.78 Å². The molecule has 0 aromatic heterocycles. The van der Waals surface area contributed by atoms with E-state index in [2.05, 4.69) is 37.9 Å². The number of piperazine rings is 1. The number of anilines is 1. The summed E-state index contributed by atoms with van der Waals surface area (Å²) in [5.74, 6) is -1.13. The topological polar surface area (TPSA) is 15.3 Å². The maximum absolute atomic E-state index is 14.2. The van der Waals surface area contributed by atoms with Gasteiger partial charge in [-0.05, 0) is 30.9 Å². The number of halogens is 2. The predicted molar refractivity (Wildman–Crippen MR) is 83.6 cm³/mol. The van der Waals surface area contributed by atoms with Gasteiger partial charge in [0.15, 0.2) is 11.6 Å². The van der Waals surface area contributed by atoms with Gasteiger partial charge in [0.25, 0.3) is 0 Å². The van der Waals surface area contributed by atoms with Crippen molar-refractivity contribution in [2.45, 2.75) is 52.1 Å². The minimum Gasteiger partial charge on any atom is -0.363 e. The highest BCUT2D eigenvalue weighted by molar-refractivity contribution is 5.50. The van der Waals surface area contributed by atoms with Crippen molar-refractivity contribution >= 4 is 5.69 Å². The quantitative estimate of drug-likeness (QED) is 0.905. The highest BCUT2D eigenvalue weighted by Crippen LogP contribution is 2.32. The smallest absolute Gasteiger partial charge is 0.182 e. The van der Waals surface area contributed by atoms with Crippen molar-refractivity contribution in [3.8, 4) is 0 Å². The number of nitrogens with zero attached hydrogens (tertiary/aromatic N) is 1. The van der Waals surface area contributed by atoms with E-state index in [1.54, 1.807) is 12.1 Å². The van der Waals surface area contributed by atoms with Crippen molar-refractivity contribution in [3.63, 3.8) is 0 Å². The fraction of sp³-hybridized carbons (Fsp3) is 0.647. The van der Waals surface area contributed by atoms with E-state index in [1.165, 1.54) is 6.07 Å². The van der Waals surface area contributed by atoms with Crippen LogP contribution in [0.25, 0.3) is 0 Å². The van der Waals surface area contributed by atoms with Crippen LogP contribution in [0.2, 0.25) is 0 Å². The summed E-state index contributed by atoms with van der Waals surface area (Å²) in [6.07, 6.45) is 1.95. The second-order valence-corrected chi connectivity index (χ2v) is 6.38. The molecule has 2 nitrogen and oxygen atoms in total. The van der Waals surface area contributed by atoms with Crippen molar-refractivity contribution in [3.05, 3.63) is 29.8 Å². The fourth-order valence-electron chi connectivity index (χ4n) is 3.23. The Morgan fingerprint density at radius 1 is 1.29 bits per heavy atom. The van der Waals surface area contributed by atoms with Crippen LogP contribution in [-0.4, -0.2) is 24.7 Å². The molecule has 1 atom stereocenters. The summed E-state index contributed by atoms with van der Waals surface area (Å²) in [6.45, 7) is 10.1. The second kappa shape index (κ2) is 6.30. The van der Waals surface area contributed by atoms with Crippen molar-refractivity contribution in [2.75, 3.05) is 18.0 Å². The lowest BCUT2D eigenvalue weighted by Gasteiger charge is -2.50. The van der Waals surface area contributed by atoms with E-state index in [9.17, 15) is 8.78 Å². The van der Waals surface area contributed by atoms with E-state index in [-0.39, 0.29) is 11.6 Å². The van der Waals surface area contributed by atoms with Gasteiger partial charge in [-0.2, -0.15) is 0 Å². The van der Waals surface area contributed by atoms with E-state index in [0.29, 0.717) is 18.2 Å². The Bertz CT molecular complexity index is 484. The summed E-state index contributed by atoms with van der Waals surface area (Å²) in [7, 11) is 0. The highest BCUT2D eigenvalue weighted by atomic mass is 19.2. The average molecular weight is 296 g/mol. The lowest BCUT2D eigenvalue weighted by Crippen LogP contribution is -2.65. The van der Waals surface area contributed by atoms with Gasteiger partial charge in [0, 0.05) is 24.7 Å². The van der Waals surface area contributed by atoms with E-state index in [4.69, 9.17) is 0 Å². The van der Waals surface area contributed by atoms with Crippen LogP contribution in [-0.2, 0) is 0 Å². The molecular weight excluding hydrogens is 270 g/mol. The van der Waals surface area contributed by atoms with Crippen molar-refractivity contribution in [2.24, 2.45) is 5.92 Å². The van der Waals surface area contributed by atoms with Gasteiger partial charge < -0.3 is 10.2 Å². The molecule has 4 heteroatoms. The van der Waals surface area contributed by atoms with Gasteiger partial charge in [-0.15, -0.1) is 0 Å². The number of benzene rings is 1. The molecule has 2 rings (SSSR count). The SMILES string of the molecule is CCC1(CC)CN(c2cccc(F)c2F)C(C(C)C)CN1. The minimum absolute atomic E-state index is 0.0237. The molecule has 0 spiro atoms. The molecule has 0 bridgehead atoms. The van der Waals surface area contributed by atoms with Crippen LogP contribution in [0.5, 0.6) is 0 Å². The molecule has 21 heavy (non-hydrogen) atoms. The largest absolute Gasteiger partial charge is 0.363 e. The van der Waals surface area contributed by atoms with E-state index >= 15 is 0 Å². The molecule has 118 valence electrons. The highest BCUT2D eigenvalue weighted by Gasteiger charge is 2.38. The first kappa shape index (κ1) is 16.2. The van der Waals surface area contributed by atoms with Gasteiger partial charge in [0.2, 0.25) is 0 Å². The van der Waals surface area contributed by atoms with Gasteiger partial charge >= 0.3 is 0 Å². The maximum atomic E-state index is 14.2. The molecule has 1 saturated heterocycles. The van der Waals surface area contributed by atoms with Crippen molar-refractivity contribution in [1.29, 1.82) is 0 Å². The van der Waals surface area contributed by atoms with Gasteiger partial charge in [-0.3, -0.25) is 0 Å². The Morgan fingerprint density at radius 3 is 2.52 bits per heavy atom. The molecule has 1 heterocycles. The Labute approximate surface area is 126 Å². The van der Waals surface area contributed by atoms with Gasteiger partial charge in [0.05, 0.1) is 5.69 Å². The van der Waals surface area contributed by atoms with Crippen LogP contribution in [0, 0.1) is 17.6 Å². The third kappa shape index (κ3) is 3.05. The lowest BCUT2D eigenvalue weighted by atomic mass is 9.86. The zero-order chi connectivity index (χ0) is 15.6. The third-order valence-corrected chi connectivity index (χ3v) is 4.92. The van der Waals surface area contributed by atoms with Crippen LogP contribution in [0.3, 0.4) is 0 Å². The molecule has 1 unspecified atom stereocenters. The van der Waals surface area contributed by atoms with Crippen molar-refractivity contribution in [1.82, 2.24) is 5.32 Å². The lowest BCUT2D eigenvalue weighted by molar-refractivity contribution is 0.226. The summed E-state index contributed by atoms with van der Waals surface area (Å²) >= 11 is 0. The van der Waals surface area contributed by atoms with E-state index < -0.39 is 11.6 Å². The van der Waals surface area contributed by atoms with Gasteiger partial charge in [-0.25, -0.2) is 8.78 Å². The van der Waals surface area contributed by atoms with Crippen LogP contribution >= 0.6 is 0 Å². The number of rotatable bonds is 4. The number of hydrogen-bond acceptors (Lipinski definition) is 2. The molecule has 0 amide bonds. The van der Waals surface area contributed by atoms with Crippen LogP contribution < -0.4 is 10.2 Å². The molecular formula is C17H26F2N2. The molecule has 1 aromatic rings. The molecule has 1 aliphatic rings. The predicted octanol–water partition coefficient (Wildman–Crippen LogP) is 3.96. The fourth-order valence-corrected chi connectivity index (χ4v) is 3.23. The van der Waals surface area contributed by atoms with E-state index in [0.717, 1.165) is 19.4 Å². The normalized spacial score (nSPS) is 21.9. The molecule has 0 aliphatic carbocycles. The Kier molecular flexibility index (Phi) is 4.87. The first-order valence-electron chi connectivity index (χ1n) is 7.89. The summed E-state index contributed by atoms with van der Waals surface area (Å²) in [4.78, 5) is 2.06. The number of hydrogen-bond donors (Lipinski definition) is 1. The summed E-state index contributed by atoms with van der Waals surface area (Å²) in [6, 6.07) is 4.63. The monoisotopic (exact) mass is 296 g/mol. The summed E-state index contributed by atoms with van der Waals surface area (Å²) in [5.41, 5.74) is 0.367. The van der Waals surface area contributed by atoms with Gasteiger partial charge in [0.1, 0.15) is 0 Å². The zero-order valence-corrected chi connectivity index (χ0v) is 13.4. The Morgan fingerprint density at radius 2 is 1.95 bits per heavy atom. The zero-order valence-electron chi connectivity index (χ0n) is 13.4. The number of nitrogens with one attached hydrogen (secondary N) is 1. The van der Waals surface area contributed by atoms with Crippen LogP contribution in [0.1, 0.15) is 40.5 Å². The molecule has 0 saturated carbocycles. The van der Waals surface area contributed by atoms with Gasteiger partial charge in [-0.1, -0.05) is 33.8 Å².